The average Bonchev–Trinajstić information content (AvgIpc) is 2.60. The highest BCUT2D eigenvalue weighted by Crippen LogP contribution is 2.41. The first-order chi connectivity index (χ1) is 12.3. The first-order valence-electron chi connectivity index (χ1n) is 8.07. The summed E-state index contributed by atoms with van der Waals surface area (Å²) in [6.45, 7) is 0.348. The lowest BCUT2D eigenvalue weighted by atomic mass is 9.84. The van der Waals surface area contributed by atoms with Gasteiger partial charge in [-0.25, -0.2) is 9.38 Å². The van der Waals surface area contributed by atoms with Gasteiger partial charge < -0.3 is 20.2 Å². The molecule has 1 aliphatic heterocycles. The van der Waals surface area contributed by atoms with Crippen LogP contribution >= 0.6 is 11.6 Å². The highest BCUT2D eigenvalue weighted by molar-refractivity contribution is 6.30. The summed E-state index contributed by atoms with van der Waals surface area (Å²) in [6.07, 6.45) is 1.15. The quantitative estimate of drug-likeness (QED) is 0.508. The fourth-order valence-corrected chi connectivity index (χ4v) is 3.14. The van der Waals surface area contributed by atoms with Crippen molar-refractivity contribution < 1.29 is 13.9 Å². The predicted octanol–water partition coefficient (Wildman–Crippen LogP) is 3.20. The maximum Gasteiger partial charge on any atom is 0.192 e. The summed E-state index contributed by atoms with van der Waals surface area (Å²) in [7, 11) is 3.51. The third-order valence-electron chi connectivity index (χ3n) is 4.35. The van der Waals surface area contributed by atoms with Gasteiger partial charge in [-0.2, -0.15) is 0 Å². The van der Waals surface area contributed by atoms with Crippen molar-refractivity contribution in [2.24, 2.45) is 10.7 Å². The molecular weight excluding hydrogens is 357 g/mol. The van der Waals surface area contributed by atoms with E-state index in [4.69, 9.17) is 22.1 Å². The van der Waals surface area contributed by atoms with Crippen molar-refractivity contribution in [1.82, 2.24) is 4.90 Å². The van der Waals surface area contributed by atoms with Crippen LogP contribution in [0.1, 0.15) is 12.0 Å². The summed E-state index contributed by atoms with van der Waals surface area (Å²) in [5, 5.41) is 0.297. The van der Waals surface area contributed by atoms with Gasteiger partial charge in [-0.1, -0.05) is 17.7 Å². The minimum Gasteiger partial charge on any atom is -0.493 e. The summed E-state index contributed by atoms with van der Waals surface area (Å²) >= 11 is 5.97. The zero-order valence-electron chi connectivity index (χ0n) is 14.5. The van der Waals surface area contributed by atoms with E-state index in [2.05, 4.69) is 4.99 Å². The van der Waals surface area contributed by atoms with Crippen molar-refractivity contribution in [2.45, 2.75) is 12.0 Å². The first kappa shape index (κ1) is 18.2. The topological polar surface area (TPSA) is 67.9 Å². The number of hydrogen-bond acceptors (Lipinski definition) is 3. The molecule has 0 saturated carbocycles. The molecule has 7 heteroatoms. The molecule has 0 radical (unpaired) electrons. The number of aliphatic imine (C=N–C) groups is 1. The first-order valence-corrected chi connectivity index (χ1v) is 8.45. The van der Waals surface area contributed by atoms with Crippen molar-refractivity contribution in [3.63, 3.8) is 0 Å². The minimum atomic E-state index is -1.14. The number of fused-ring (bicyclic) bond motifs is 1. The number of halogens is 2. The Labute approximate surface area is 156 Å². The zero-order valence-corrected chi connectivity index (χ0v) is 15.3. The Morgan fingerprint density at radius 3 is 2.73 bits per heavy atom. The van der Waals surface area contributed by atoms with E-state index in [-0.39, 0.29) is 5.96 Å². The second kappa shape index (κ2) is 6.96. The Balaban J connectivity index is 2.16. The van der Waals surface area contributed by atoms with Crippen LogP contribution in [0.15, 0.2) is 41.4 Å². The molecular formula is C19H19ClFN3O2. The van der Waals surface area contributed by atoms with Gasteiger partial charge >= 0.3 is 0 Å². The Bertz CT molecular complexity index is 865. The standard InChI is InChI=1S/C19H19ClFN3O2/c1-24(2)18(22)23-19(11-25)5-6-26-17-4-3-12(9-16(17)19)13-7-14(20)10-15(21)8-13/h3-4,7-11H,5-6H2,1-2H3,(H2,22,23). The molecule has 2 aromatic rings. The van der Waals surface area contributed by atoms with Crippen LogP contribution in [0, 0.1) is 5.82 Å². The van der Waals surface area contributed by atoms with Crippen LogP contribution in [-0.2, 0) is 10.3 Å². The van der Waals surface area contributed by atoms with Gasteiger partial charge in [0.15, 0.2) is 17.8 Å². The van der Waals surface area contributed by atoms with Crippen LogP contribution in [0.5, 0.6) is 5.75 Å². The van der Waals surface area contributed by atoms with Gasteiger partial charge in [0, 0.05) is 31.1 Å². The monoisotopic (exact) mass is 375 g/mol. The third kappa shape index (κ3) is 3.37. The molecule has 0 aromatic heterocycles. The van der Waals surface area contributed by atoms with E-state index in [9.17, 15) is 9.18 Å². The van der Waals surface area contributed by atoms with Crippen molar-refractivity contribution in [3.05, 3.63) is 52.8 Å². The van der Waals surface area contributed by atoms with E-state index in [0.29, 0.717) is 40.5 Å². The van der Waals surface area contributed by atoms with Crippen LogP contribution in [0.3, 0.4) is 0 Å². The Morgan fingerprint density at radius 1 is 1.31 bits per heavy atom. The van der Waals surface area contributed by atoms with Gasteiger partial charge in [-0.15, -0.1) is 0 Å². The number of ether oxygens (including phenoxy) is 1. The molecule has 2 N–H and O–H groups in total. The van der Waals surface area contributed by atoms with E-state index in [0.717, 1.165) is 6.29 Å². The summed E-state index contributed by atoms with van der Waals surface area (Å²) < 4.78 is 19.4. The molecule has 0 bridgehead atoms. The number of rotatable bonds is 3. The number of carbonyl (C=O) groups excluding carboxylic acids is 1. The fourth-order valence-electron chi connectivity index (χ4n) is 2.91. The molecule has 1 aliphatic rings. The molecule has 0 amide bonds. The lowest BCUT2D eigenvalue weighted by molar-refractivity contribution is -0.113. The van der Waals surface area contributed by atoms with Crippen molar-refractivity contribution in [2.75, 3.05) is 20.7 Å². The van der Waals surface area contributed by atoms with Crippen LogP contribution < -0.4 is 10.5 Å². The van der Waals surface area contributed by atoms with Gasteiger partial charge in [-0.05, 0) is 41.5 Å². The van der Waals surface area contributed by atoms with Crippen molar-refractivity contribution >= 4 is 23.8 Å². The van der Waals surface area contributed by atoms with Gasteiger partial charge in [0.25, 0.3) is 0 Å². The number of nitrogens with two attached hydrogens (primary N) is 1. The van der Waals surface area contributed by atoms with E-state index in [1.165, 1.54) is 12.1 Å². The van der Waals surface area contributed by atoms with Crippen molar-refractivity contribution in [3.8, 4) is 16.9 Å². The minimum absolute atomic E-state index is 0.240. The summed E-state index contributed by atoms with van der Waals surface area (Å²) in [5.74, 6) is 0.368. The second-order valence-electron chi connectivity index (χ2n) is 6.37. The van der Waals surface area contributed by atoms with Crippen LogP contribution in [0.2, 0.25) is 5.02 Å². The molecule has 0 spiro atoms. The Kier molecular flexibility index (Phi) is 4.87. The summed E-state index contributed by atoms with van der Waals surface area (Å²) in [5.41, 5.74) is 6.73. The Morgan fingerprint density at radius 2 is 2.08 bits per heavy atom. The molecule has 1 heterocycles. The lowest BCUT2D eigenvalue weighted by Gasteiger charge is -2.32. The van der Waals surface area contributed by atoms with E-state index in [1.54, 1.807) is 43.3 Å². The normalized spacial score (nSPS) is 19.5. The number of nitrogens with zero attached hydrogens (tertiary/aromatic N) is 2. The second-order valence-corrected chi connectivity index (χ2v) is 6.81. The Hall–Kier alpha value is -2.60. The van der Waals surface area contributed by atoms with Gasteiger partial charge in [0.05, 0.1) is 6.61 Å². The molecule has 0 aliphatic carbocycles. The maximum atomic E-state index is 13.7. The van der Waals surface area contributed by atoms with E-state index >= 15 is 0 Å². The highest BCUT2D eigenvalue weighted by atomic mass is 35.5. The summed E-state index contributed by atoms with van der Waals surface area (Å²) in [6, 6.07) is 9.62. The molecule has 0 saturated heterocycles. The highest BCUT2D eigenvalue weighted by Gasteiger charge is 2.38. The smallest absolute Gasteiger partial charge is 0.192 e. The van der Waals surface area contributed by atoms with Crippen LogP contribution in [-0.4, -0.2) is 37.8 Å². The number of hydrogen-bond donors (Lipinski definition) is 1. The predicted molar refractivity (Wildman–Crippen MR) is 100 cm³/mol. The molecule has 26 heavy (non-hydrogen) atoms. The van der Waals surface area contributed by atoms with Gasteiger partial charge in [0.2, 0.25) is 0 Å². The number of benzene rings is 2. The third-order valence-corrected chi connectivity index (χ3v) is 4.57. The summed E-state index contributed by atoms with van der Waals surface area (Å²) in [4.78, 5) is 18.1. The largest absolute Gasteiger partial charge is 0.493 e. The average molecular weight is 376 g/mol. The molecule has 136 valence electrons. The van der Waals surface area contributed by atoms with Crippen LogP contribution in [0.25, 0.3) is 11.1 Å². The van der Waals surface area contributed by atoms with Crippen LogP contribution in [0.4, 0.5) is 4.39 Å². The molecule has 0 fully saturated rings. The number of carbonyl (C=O) groups is 1. The van der Waals surface area contributed by atoms with Gasteiger partial charge in [0.1, 0.15) is 11.6 Å². The number of guanidine groups is 1. The SMILES string of the molecule is CN(C)C(N)=NC1(C=O)CCOc2ccc(-c3cc(F)cc(Cl)c3)cc21. The molecule has 5 nitrogen and oxygen atoms in total. The maximum absolute atomic E-state index is 13.7. The molecule has 2 aromatic carbocycles. The molecule has 1 unspecified atom stereocenters. The van der Waals surface area contributed by atoms with E-state index in [1.807, 2.05) is 0 Å². The molecule has 3 rings (SSSR count). The van der Waals surface area contributed by atoms with Gasteiger partial charge in [-0.3, -0.25) is 0 Å². The lowest BCUT2D eigenvalue weighted by Crippen LogP contribution is -2.39. The molecule has 1 atom stereocenters. The van der Waals surface area contributed by atoms with Crippen molar-refractivity contribution in [1.29, 1.82) is 0 Å². The number of aldehydes is 1. The fraction of sp³-hybridized carbons (Fsp3) is 0.263. The zero-order chi connectivity index (χ0) is 18.9. The van der Waals surface area contributed by atoms with E-state index < -0.39 is 11.4 Å².